The minimum Gasteiger partial charge on any atom is -0.317 e. The van der Waals surface area contributed by atoms with E-state index in [1.165, 1.54) is 0 Å². The lowest BCUT2D eigenvalue weighted by molar-refractivity contribution is -0.118. The van der Waals surface area contributed by atoms with Crippen LogP contribution in [0.4, 0.5) is 5.69 Å². The van der Waals surface area contributed by atoms with Crippen LogP contribution in [0.5, 0.6) is 0 Å². The van der Waals surface area contributed by atoms with Crippen LogP contribution in [0.3, 0.4) is 0 Å². The van der Waals surface area contributed by atoms with E-state index in [9.17, 15) is 4.79 Å². The van der Waals surface area contributed by atoms with Gasteiger partial charge in [-0.1, -0.05) is 48.5 Å². The Bertz CT molecular complexity index is 676. The van der Waals surface area contributed by atoms with Crippen molar-refractivity contribution in [2.75, 3.05) is 11.9 Å². The van der Waals surface area contributed by atoms with E-state index in [0.717, 1.165) is 22.4 Å². The Morgan fingerprint density at radius 1 is 1.00 bits per heavy atom. The fourth-order valence-corrected chi connectivity index (χ4v) is 2.55. The first-order valence-corrected chi connectivity index (χ1v) is 6.58. The Balaban J connectivity index is 2.24. The van der Waals surface area contributed by atoms with Gasteiger partial charge < -0.3 is 10.6 Å². The SMILES string of the molecule is CN1C(=O)C(N)C=C(c2ccccc2)c2ccccc21. The molecule has 20 heavy (non-hydrogen) atoms. The molecule has 3 heteroatoms. The molecule has 1 unspecified atom stereocenters. The highest BCUT2D eigenvalue weighted by Gasteiger charge is 2.25. The number of para-hydroxylation sites is 1. The van der Waals surface area contributed by atoms with E-state index in [0.29, 0.717) is 0 Å². The van der Waals surface area contributed by atoms with Gasteiger partial charge in [0.15, 0.2) is 0 Å². The van der Waals surface area contributed by atoms with Crippen LogP contribution in [0.25, 0.3) is 5.57 Å². The molecule has 100 valence electrons. The number of nitrogens with two attached hydrogens (primary N) is 1. The molecule has 3 nitrogen and oxygen atoms in total. The van der Waals surface area contributed by atoms with E-state index in [-0.39, 0.29) is 5.91 Å². The molecule has 0 aliphatic carbocycles. The van der Waals surface area contributed by atoms with Crippen molar-refractivity contribution in [2.45, 2.75) is 6.04 Å². The number of rotatable bonds is 1. The van der Waals surface area contributed by atoms with Crippen LogP contribution in [0.15, 0.2) is 60.7 Å². The van der Waals surface area contributed by atoms with Gasteiger partial charge in [-0.2, -0.15) is 0 Å². The van der Waals surface area contributed by atoms with E-state index in [4.69, 9.17) is 5.73 Å². The molecule has 1 atom stereocenters. The first kappa shape index (κ1) is 12.6. The molecule has 0 bridgehead atoms. The van der Waals surface area contributed by atoms with E-state index in [1.807, 2.05) is 60.7 Å². The summed E-state index contributed by atoms with van der Waals surface area (Å²) in [5.41, 5.74) is 10.0. The summed E-state index contributed by atoms with van der Waals surface area (Å²) in [6, 6.07) is 17.3. The van der Waals surface area contributed by atoms with Gasteiger partial charge in [0.1, 0.15) is 6.04 Å². The number of nitrogens with zero attached hydrogens (tertiary/aromatic N) is 1. The van der Waals surface area contributed by atoms with Crippen LogP contribution in [-0.4, -0.2) is 19.0 Å². The highest BCUT2D eigenvalue weighted by molar-refractivity contribution is 6.05. The summed E-state index contributed by atoms with van der Waals surface area (Å²) in [6.07, 6.45) is 1.85. The van der Waals surface area contributed by atoms with Gasteiger partial charge >= 0.3 is 0 Å². The summed E-state index contributed by atoms with van der Waals surface area (Å²) in [7, 11) is 1.77. The Labute approximate surface area is 118 Å². The second kappa shape index (κ2) is 4.94. The number of amides is 1. The zero-order valence-electron chi connectivity index (χ0n) is 11.3. The van der Waals surface area contributed by atoms with Crippen LogP contribution in [0.2, 0.25) is 0 Å². The van der Waals surface area contributed by atoms with Gasteiger partial charge in [0, 0.05) is 12.6 Å². The first-order valence-electron chi connectivity index (χ1n) is 6.58. The Kier molecular flexibility index (Phi) is 3.12. The molecule has 0 aromatic heterocycles. The fourth-order valence-electron chi connectivity index (χ4n) is 2.55. The average Bonchev–Trinajstić information content (AvgIpc) is 2.60. The van der Waals surface area contributed by atoms with E-state index in [2.05, 4.69) is 0 Å². The van der Waals surface area contributed by atoms with E-state index >= 15 is 0 Å². The lowest BCUT2D eigenvalue weighted by Gasteiger charge is -2.19. The van der Waals surface area contributed by atoms with Crippen molar-refractivity contribution in [3.8, 4) is 0 Å². The van der Waals surface area contributed by atoms with Gasteiger partial charge in [0.05, 0.1) is 5.69 Å². The molecule has 0 fully saturated rings. The van der Waals surface area contributed by atoms with Gasteiger partial charge in [0.2, 0.25) is 5.91 Å². The highest BCUT2D eigenvalue weighted by atomic mass is 16.2. The fraction of sp³-hybridized carbons (Fsp3) is 0.118. The van der Waals surface area contributed by atoms with Gasteiger partial charge in [-0.05, 0) is 23.3 Å². The Morgan fingerprint density at radius 3 is 2.40 bits per heavy atom. The minimum absolute atomic E-state index is 0.0941. The normalized spacial score (nSPS) is 18.3. The van der Waals surface area contributed by atoms with Crippen LogP contribution in [-0.2, 0) is 4.79 Å². The number of hydrogen-bond acceptors (Lipinski definition) is 2. The molecular weight excluding hydrogens is 248 g/mol. The molecule has 3 rings (SSSR count). The summed E-state index contributed by atoms with van der Waals surface area (Å²) < 4.78 is 0. The van der Waals surface area contributed by atoms with Crippen molar-refractivity contribution >= 4 is 17.2 Å². The van der Waals surface area contributed by atoms with E-state index < -0.39 is 6.04 Å². The van der Waals surface area contributed by atoms with Crippen molar-refractivity contribution < 1.29 is 4.79 Å². The van der Waals surface area contributed by atoms with Crippen molar-refractivity contribution in [2.24, 2.45) is 5.73 Å². The predicted octanol–water partition coefficient (Wildman–Crippen LogP) is 2.42. The summed E-state index contributed by atoms with van der Waals surface area (Å²) in [5, 5.41) is 0. The zero-order chi connectivity index (χ0) is 14.1. The molecule has 1 amide bonds. The number of fused-ring (bicyclic) bond motifs is 1. The molecule has 1 aliphatic heterocycles. The molecule has 1 aliphatic rings. The summed E-state index contributed by atoms with van der Waals surface area (Å²) >= 11 is 0. The number of carbonyl (C=O) groups is 1. The predicted molar refractivity (Wildman–Crippen MR) is 81.3 cm³/mol. The third-order valence-electron chi connectivity index (χ3n) is 3.60. The maximum absolute atomic E-state index is 12.2. The van der Waals surface area contributed by atoms with Crippen molar-refractivity contribution in [1.82, 2.24) is 0 Å². The van der Waals surface area contributed by atoms with Crippen molar-refractivity contribution in [3.05, 3.63) is 71.8 Å². The van der Waals surface area contributed by atoms with Gasteiger partial charge in [-0.15, -0.1) is 0 Å². The topological polar surface area (TPSA) is 46.3 Å². The smallest absolute Gasteiger partial charge is 0.247 e. The third kappa shape index (κ3) is 2.02. The number of likely N-dealkylation sites (N-methyl/N-ethyl adjacent to an activating group) is 1. The van der Waals surface area contributed by atoms with Crippen LogP contribution < -0.4 is 10.6 Å². The monoisotopic (exact) mass is 264 g/mol. The third-order valence-corrected chi connectivity index (χ3v) is 3.60. The molecule has 1 heterocycles. The lowest BCUT2D eigenvalue weighted by atomic mass is 9.96. The second-order valence-electron chi connectivity index (χ2n) is 4.89. The first-order chi connectivity index (χ1) is 9.68. The Hall–Kier alpha value is -2.39. The van der Waals surface area contributed by atoms with Gasteiger partial charge in [-0.25, -0.2) is 0 Å². The highest BCUT2D eigenvalue weighted by Crippen LogP contribution is 2.33. The lowest BCUT2D eigenvalue weighted by Crippen LogP contribution is -2.39. The molecular formula is C17H16N2O. The maximum Gasteiger partial charge on any atom is 0.247 e. The average molecular weight is 264 g/mol. The summed E-state index contributed by atoms with van der Waals surface area (Å²) in [5.74, 6) is -0.0941. The minimum atomic E-state index is -0.623. The molecule has 2 aromatic rings. The molecule has 0 radical (unpaired) electrons. The Morgan fingerprint density at radius 2 is 1.65 bits per heavy atom. The molecule has 0 spiro atoms. The van der Waals surface area contributed by atoms with E-state index in [1.54, 1.807) is 11.9 Å². The standard InChI is InChI=1S/C17H16N2O/c1-19-16-10-6-5-9-13(16)14(11-15(18)17(19)20)12-7-3-2-4-8-12/h2-11,15H,18H2,1H3. The van der Waals surface area contributed by atoms with Crippen LogP contribution >= 0.6 is 0 Å². The number of anilines is 1. The number of benzene rings is 2. The van der Waals surface area contributed by atoms with Gasteiger partial charge in [0.25, 0.3) is 0 Å². The second-order valence-corrected chi connectivity index (χ2v) is 4.89. The van der Waals surface area contributed by atoms with Crippen LogP contribution in [0, 0.1) is 0 Å². The molecule has 0 saturated heterocycles. The maximum atomic E-state index is 12.2. The van der Waals surface area contributed by atoms with Crippen molar-refractivity contribution in [1.29, 1.82) is 0 Å². The summed E-state index contributed by atoms with van der Waals surface area (Å²) in [4.78, 5) is 13.9. The van der Waals surface area contributed by atoms with Crippen molar-refractivity contribution in [3.63, 3.8) is 0 Å². The largest absolute Gasteiger partial charge is 0.317 e. The molecule has 0 saturated carbocycles. The quantitative estimate of drug-likeness (QED) is 0.859. The number of hydrogen-bond donors (Lipinski definition) is 1. The summed E-state index contributed by atoms with van der Waals surface area (Å²) in [6.45, 7) is 0. The number of carbonyl (C=O) groups excluding carboxylic acids is 1. The molecule has 2 N–H and O–H groups in total. The van der Waals surface area contributed by atoms with Crippen LogP contribution in [0.1, 0.15) is 11.1 Å². The zero-order valence-corrected chi connectivity index (χ0v) is 11.3. The molecule has 2 aromatic carbocycles. The van der Waals surface area contributed by atoms with Gasteiger partial charge in [-0.3, -0.25) is 4.79 Å².